The Bertz CT molecular complexity index is 963. The Morgan fingerprint density at radius 1 is 1.16 bits per heavy atom. The molecule has 0 aliphatic carbocycles. The first-order valence-corrected chi connectivity index (χ1v) is 13.7. The van der Waals surface area contributed by atoms with E-state index in [4.69, 9.17) is 14.0 Å². The summed E-state index contributed by atoms with van der Waals surface area (Å²) in [4.78, 5) is 38.6. The van der Waals surface area contributed by atoms with Crippen LogP contribution in [-0.2, 0) is 18.8 Å². The first-order chi connectivity index (χ1) is 17.5. The summed E-state index contributed by atoms with van der Waals surface area (Å²) in [6.07, 6.45) is 4.89. The first kappa shape index (κ1) is 30.2. The SMILES string of the molecule is CC(C)N(C[C@H]1CCCN(C(=O)[C@@H](C)NC(=O)OC(C)(C)C)C1)c1ncc(B2OC(C)(C)C(C)(C)O2)cn1. The number of carbonyl (C=O) groups is 2. The Kier molecular flexibility index (Phi) is 9.03. The fraction of sp³-hybridized carbons (Fsp3) is 0.778. The van der Waals surface area contributed by atoms with Crippen LogP contribution in [0.1, 0.15) is 82.1 Å². The van der Waals surface area contributed by atoms with Gasteiger partial charge in [-0.05, 0) is 88.0 Å². The molecule has 2 aliphatic rings. The van der Waals surface area contributed by atoms with E-state index in [-0.39, 0.29) is 17.9 Å². The van der Waals surface area contributed by atoms with Gasteiger partial charge >= 0.3 is 13.2 Å². The standard InChI is InChI=1S/C27H46BN5O5/c1-18(2)33(23-29-14-21(15-30-23)28-37-26(7,8)27(9,10)38-28)17-20-12-11-13-32(16-20)22(34)19(3)31-24(35)36-25(4,5)6/h14-15,18-20H,11-13,16-17H2,1-10H3,(H,31,35)/t19-,20+/m1/s1. The summed E-state index contributed by atoms with van der Waals surface area (Å²) in [6.45, 7) is 21.4. The molecule has 11 heteroatoms. The van der Waals surface area contributed by atoms with Crippen molar-refractivity contribution in [1.29, 1.82) is 0 Å². The van der Waals surface area contributed by atoms with Crippen molar-refractivity contribution in [2.45, 2.75) is 111 Å². The topological polar surface area (TPSA) is 106 Å². The van der Waals surface area contributed by atoms with Crippen molar-refractivity contribution in [3.63, 3.8) is 0 Å². The highest BCUT2D eigenvalue weighted by Crippen LogP contribution is 2.36. The number of carbonyl (C=O) groups excluding carboxylic acids is 2. The van der Waals surface area contributed by atoms with Crippen LogP contribution >= 0.6 is 0 Å². The van der Waals surface area contributed by atoms with Crippen LogP contribution in [0.5, 0.6) is 0 Å². The maximum absolute atomic E-state index is 13.1. The van der Waals surface area contributed by atoms with Crippen LogP contribution in [0.25, 0.3) is 0 Å². The molecule has 0 saturated carbocycles. The summed E-state index contributed by atoms with van der Waals surface area (Å²) in [5.74, 6) is 0.804. The van der Waals surface area contributed by atoms with Crippen LogP contribution in [0.15, 0.2) is 12.4 Å². The minimum absolute atomic E-state index is 0.0975. The van der Waals surface area contributed by atoms with Crippen molar-refractivity contribution in [2.24, 2.45) is 5.92 Å². The third kappa shape index (κ3) is 7.37. The number of likely N-dealkylation sites (tertiary alicyclic amines) is 1. The normalized spacial score (nSPS) is 21.8. The lowest BCUT2D eigenvalue weighted by Crippen LogP contribution is -2.52. The molecular formula is C27H46BN5O5. The van der Waals surface area contributed by atoms with Gasteiger partial charge < -0.3 is 29.2 Å². The van der Waals surface area contributed by atoms with Gasteiger partial charge in [-0.1, -0.05) is 0 Å². The zero-order chi connectivity index (χ0) is 28.5. The van der Waals surface area contributed by atoms with E-state index in [2.05, 4.69) is 34.0 Å². The summed E-state index contributed by atoms with van der Waals surface area (Å²) in [6, 6.07) is -0.479. The third-order valence-electron chi connectivity index (χ3n) is 7.45. The molecule has 1 N–H and O–H groups in total. The van der Waals surface area contributed by atoms with Crippen LogP contribution in [-0.4, -0.2) is 82.5 Å². The Hall–Kier alpha value is -2.40. The fourth-order valence-corrected chi connectivity index (χ4v) is 4.62. The minimum Gasteiger partial charge on any atom is -0.444 e. The van der Waals surface area contributed by atoms with E-state index in [9.17, 15) is 9.59 Å². The number of anilines is 1. The van der Waals surface area contributed by atoms with Gasteiger partial charge in [-0.3, -0.25) is 4.79 Å². The van der Waals surface area contributed by atoms with Gasteiger partial charge in [0.2, 0.25) is 11.9 Å². The molecule has 10 nitrogen and oxygen atoms in total. The van der Waals surface area contributed by atoms with Gasteiger partial charge in [-0.15, -0.1) is 0 Å². The quantitative estimate of drug-likeness (QED) is 0.535. The second-order valence-electron chi connectivity index (χ2n) is 12.8. The molecule has 2 saturated heterocycles. The van der Waals surface area contributed by atoms with E-state index in [1.165, 1.54) is 0 Å². The molecule has 2 aliphatic heterocycles. The Morgan fingerprint density at radius 3 is 2.26 bits per heavy atom. The molecule has 0 aromatic carbocycles. The van der Waals surface area contributed by atoms with Gasteiger partial charge in [0, 0.05) is 43.5 Å². The lowest BCUT2D eigenvalue weighted by atomic mass is 9.81. The second kappa shape index (κ2) is 11.4. The summed E-state index contributed by atoms with van der Waals surface area (Å²) >= 11 is 0. The van der Waals surface area contributed by atoms with Crippen molar-refractivity contribution in [3.8, 4) is 0 Å². The molecule has 3 rings (SSSR count). The summed E-state index contributed by atoms with van der Waals surface area (Å²) < 4.78 is 17.6. The average molecular weight is 532 g/mol. The molecule has 1 aromatic rings. The molecule has 2 amide bonds. The van der Waals surface area contributed by atoms with Crippen LogP contribution in [0.3, 0.4) is 0 Å². The predicted molar refractivity (Wildman–Crippen MR) is 148 cm³/mol. The molecule has 0 radical (unpaired) electrons. The number of alkyl carbamates (subject to hydrolysis) is 1. The molecule has 212 valence electrons. The van der Waals surface area contributed by atoms with Gasteiger partial charge in [0.25, 0.3) is 0 Å². The predicted octanol–water partition coefficient (Wildman–Crippen LogP) is 3.14. The van der Waals surface area contributed by atoms with Crippen LogP contribution in [0.4, 0.5) is 10.7 Å². The maximum atomic E-state index is 13.1. The van der Waals surface area contributed by atoms with Crippen LogP contribution < -0.4 is 15.7 Å². The number of hydrogen-bond acceptors (Lipinski definition) is 8. The first-order valence-electron chi connectivity index (χ1n) is 13.7. The summed E-state index contributed by atoms with van der Waals surface area (Å²) in [5.41, 5.74) is -0.680. The maximum Gasteiger partial charge on any atom is 0.498 e. The van der Waals surface area contributed by atoms with Crippen LogP contribution in [0, 0.1) is 5.92 Å². The van der Waals surface area contributed by atoms with E-state index in [1.807, 2.05) is 32.6 Å². The zero-order valence-electron chi connectivity index (χ0n) is 24.8. The van der Waals surface area contributed by atoms with Gasteiger partial charge in [0.1, 0.15) is 11.6 Å². The fourth-order valence-electron chi connectivity index (χ4n) is 4.62. The van der Waals surface area contributed by atoms with E-state index < -0.39 is 36.1 Å². The molecule has 0 bridgehead atoms. The number of piperidine rings is 1. The largest absolute Gasteiger partial charge is 0.498 e. The van der Waals surface area contributed by atoms with Gasteiger partial charge in [0.15, 0.2) is 0 Å². The van der Waals surface area contributed by atoms with Gasteiger partial charge in [-0.2, -0.15) is 0 Å². The van der Waals surface area contributed by atoms with Crippen molar-refractivity contribution in [1.82, 2.24) is 20.2 Å². The highest BCUT2D eigenvalue weighted by molar-refractivity contribution is 6.61. The third-order valence-corrected chi connectivity index (χ3v) is 7.45. The number of ether oxygens (including phenoxy) is 1. The van der Waals surface area contributed by atoms with E-state index in [0.717, 1.165) is 24.8 Å². The Morgan fingerprint density at radius 2 is 1.74 bits per heavy atom. The smallest absolute Gasteiger partial charge is 0.444 e. The number of hydrogen-bond donors (Lipinski definition) is 1. The van der Waals surface area contributed by atoms with E-state index in [0.29, 0.717) is 19.0 Å². The molecule has 38 heavy (non-hydrogen) atoms. The van der Waals surface area contributed by atoms with E-state index >= 15 is 0 Å². The van der Waals surface area contributed by atoms with Crippen LogP contribution in [0.2, 0.25) is 0 Å². The number of rotatable bonds is 7. The van der Waals surface area contributed by atoms with Gasteiger partial charge in [-0.25, -0.2) is 14.8 Å². The molecule has 0 unspecified atom stereocenters. The number of nitrogens with one attached hydrogen (secondary N) is 1. The van der Waals surface area contributed by atoms with E-state index in [1.54, 1.807) is 40.1 Å². The monoisotopic (exact) mass is 531 g/mol. The molecular weight excluding hydrogens is 485 g/mol. The highest BCUT2D eigenvalue weighted by atomic mass is 16.7. The Balaban J connectivity index is 1.62. The number of aromatic nitrogens is 2. The zero-order valence-corrected chi connectivity index (χ0v) is 24.8. The Labute approximate surface area is 228 Å². The van der Waals surface area contributed by atoms with Crippen molar-refractivity contribution < 1.29 is 23.6 Å². The number of nitrogens with zero attached hydrogens (tertiary/aromatic N) is 4. The van der Waals surface area contributed by atoms with Crippen molar-refractivity contribution in [2.75, 3.05) is 24.5 Å². The lowest BCUT2D eigenvalue weighted by molar-refractivity contribution is -0.134. The van der Waals surface area contributed by atoms with Crippen molar-refractivity contribution in [3.05, 3.63) is 12.4 Å². The highest BCUT2D eigenvalue weighted by Gasteiger charge is 2.52. The molecule has 3 heterocycles. The van der Waals surface area contributed by atoms with Gasteiger partial charge in [0.05, 0.1) is 11.2 Å². The molecule has 1 aromatic heterocycles. The average Bonchev–Trinajstić information content (AvgIpc) is 3.02. The number of amides is 2. The van der Waals surface area contributed by atoms with Crippen molar-refractivity contribution >= 4 is 30.5 Å². The summed E-state index contributed by atoms with van der Waals surface area (Å²) in [7, 11) is -0.504. The second-order valence-corrected chi connectivity index (χ2v) is 12.8. The minimum atomic E-state index is -0.657. The summed E-state index contributed by atoms with van der Waals surface area (Å²) in [5, 5.41) is 2.67. The molecule has 0 spiro atoms. The lowest BCUT2D eigenvalue weighted by Gasteiger charge is -2.38. The molecule has 2 atom stereocenters. The molecule has 2 fully saturated rings.